The molecule has 4 aromatic rings. The molecule has 26 heavy (non-hydrogen) atoms. The van der Waals surface area contributed by atoms with Crippen LogP contribution in [0.1, 0.15) is 15.2 Å². The summed E-state index contributed by atoms with van der Waals surface area (Å²) < 4.78 is 1.00. The zero-order chi connectivity index (χ0) is 17.9. The van der Waals surface area contributed by atoms with Crippen molar-refractivity contribution in [3.8, 4) is 0 Å². The number of nitrogens with one attached hydrogen (secondary N) is 2. The molecule has 2 heterocycles. The Bertz CT molecular complexity index is 1040. The first-order valence-corrected chi connectivity index (χ1v) is 9.94. The van der Waals surface area contributed by atoms with Crippen molar-refractivity contribution in [2.75, 3.05) is 5.32 Å². The largest absolute Gasteiger partial charge is 0.321 e. The van der Waals surface area contributed by atoms with E-state index in [1.165, 1.54) is 17.7 Å². The molecule has 2 aromatic heterocycles. The number of hydrogen-bond donors (Lipinski definition) is 2. The number of amides is 1. The molecule has 2 aromatic carbocycles. The molecule has 0 saturated heterocycles. The normalized spacial score (nSPS) is 11.0. The topological polar surface area (TPSA) is 70.7 Å². The lowest BCUT2D eigenvalue weighted by atomic mass is 10.2. The van der Waals surface area contributed by atoms with Crippen LogP contribution in [0.25, 0.3) is 10.1 Å². The van der Waals surface area contributed by atoms with Gasteiger partial charge in [0.05, 0.1) is 5.02 Å². The van der Waals surface area contributed by atoms with Gasteiger partial charge in [0.15, 0.2) is 5.16 Å². The van der Waals surface area contributed by atoms with Gasteiger partial charge >= 0.3 is 0 Å². The maximum Gasteiger partial charge on any atom is 0.267 e. The molecule has 0 bridgehead atoms. The van der Waals surface area contributed by atoms with E-state index in [1.807, 2.05) is 48.5 Å². The van der Waals surface area contributed by atoms with E-state index in [-0.39, 0.29) is 5.91 Å². The van der Waals surface area contributed by atoms with E-state index >= 15 is 0 Å². The molecule has 0 aliphatic carbocycles. The van der Waals surface area contributed by atoms with Gasteiger partial charge in [-0.05, 0) is 23.8 Å². The molecule has 2 N–H and O–H groups in total. The van der Waals surface area contributed by atoms with Crippen molar-refractivity contribution in [1.29, 1.82) is 0 Å². The number of H-pyrrole nitrogens is 1. The van der Waals surface area contributed by atoms with E-state index < -0.39 is 0 Å². The lowest BCUT2D eigenvalue weighted by molar-refractivity contribution is 0.103. The first kappa shape index (κ1) is 17.1. The molecule has 130 valence electrons. The van der Waals surface area contributed by atoms with Crippen molar-refractivity contribution in [2.24, 2.45) is 0 Å². The van der Waals surface area contributed by atoms with Crippen LogP contribution < -0.4 is 5.32 Å². The minimum Gasteiger partial charge on any atom is -0.321 e. The van der Waals surface area contributed by atoms with Gasteiger partial charge in [-0.15, -0.1) is 11.3 Å². The summed E-state index contributed by atoms with van der Waals surface area (Å²) in [5, 5.41) is 11.7. The number of nitrogens with zero attached hydrogens (tertiary/aromatic N) is 2. The van der Waals surface area contributed by atoms with E-state index in [4.69, 9.17) is 11.6 Å². The van der Waals surface area contributed by atoms with Crippen molar-refractivity contribution in [3.05, 3.63) is 70.3 Å². The van der Waals surface area contributed by atoms with Gasteiger partial charge in [0, 0.05) is 21.5 Å². The van der Waals surface area contributed by atoms with E-state index in [9.17, 15) is 4.79 Å². The molecule has 4 rings (SSSR count). The van der Waals surface area contributed by atoms with Crippen LogP contribution in [0.3, 0.4) is 0 Å². The third kappa shape index (κ3) is 3.60. The Kier molecular flexibility index (Phi) is 4.92. The number of thiophene rings is 1. The average Bonchev–Trinajstić information content (AvgIpc) is 3.30. The average molecular weight is 401 g/mol. The molecule has 0 aliphatic rings. The van der Waals surface area contributed by atoms with Crippen LogP contribution in [0.4, 0.5) is 5.69 Å². The van der Waals surface area contributed by atoms with Gasteiger partial charge in [0.1, 0.15) is 11.2 Å². The van der Waals surface area contributed by atoms with E-state index in [2.05, 4.69) is 20.5 Å². The lowest BCUT2D eigenvalue weighted by Crippen LogP contribution is -2.10. The predicted molar refractivity (Wildman–Crippen MR) is 107 cm³/mol. The maximum absolute atomic E-state index is 12.6. The predicted octanol–water partition coefficient (Wildman–Crippen LogP) is 5.22. The fourth-order valence-corrected chi connectivity index (χ4v) is 4.59. The Hall–Kier alpha value is -2.35. The van der Waals surface area contributed by atoms with Crippen LogP contribution in [0, 0.1) is 0 Å². The second-order valence-electron chi connectivity index (χ2n) is 5.47. The number of thioether (sulfide) groups is 1. The number of aromatic amines is 1. The summed E-state index contributed by atoms with van der Waals surface area (Å²) in [6.07, 6.45) is 1.49. The number of anilines is 1. The number of carbonyl (C=O) groups is 1. The monoisotopic (exact) mass is 400 g/mol. The van der Waals surface area contributed by atoms with Crippen molar-refractivity contribution in [1.82, 2.24) is 15.2 Å². The van der Waals surface area contributed by atoms with Crippen LogP contribution in [0.2, 0.25) is 5.02 Å². The van der Waals surface area contributed by atoms with Crippen LogP contribution in [-0.2, 0) is 5.75 Å². The third-order valence-corrected chi connectivity index (χ3v) is 6.34. The molecule has 1 amide bonds. The molecular weight excluding hydrogens is 388 g/mol. The van der Waals surface area contributed by atoms with Crippen LogP contribution in [0.15, 0.2) is 60.0 Å². The summed E-state index contributed by atoms with van der Waals surface area (Å²) in [4.78, 5) is 17.2. The van der Waals surface area contributed by atoms with Gasteiger partial charge in [-0.25, -0.2) is 4.98 Å². The lowest BCUT2D eigenvalue weighted by Gasteiger charge is -2.05. The fraction of sp³-hybridized carbons (Fsp3) is 0.0556. The Labute approximate surface area is 162 Å². The summed E-state index contributed by atoms with van der Waals surface area (Å²) in [5.74, 6) is 0.575. The highest BCUT2D eigenvalue weighted by atomic mass is 35.5. The molecule has 0 saturated carbocycles. The smallest absolute Gasteiger partial charge is 0.267 e. The molecule has 5 nitrogen and oxygen atoms in total. The number of halogens is 1. The van der Waals surface area contributed by atoms with Gasteiger partial charge in [0.25, 0.3) is 5.91 Å². The van der Waals surface area contributed by atoms with Crippen molar-refractivity contribution in [2.45, 2.75) is 10.9 Å². The number of rotatable bonds is 5. The van der Waals surface area contributed by atoms with Crippen LogP contribution in [-0.4, -0.2) is 21.1 Å². The molecule has 0 spiro atoms. The van der Waals surface area contributed by atoms with Crippen molar-refractivity contribution < 1.29 is 4.79 Å². The molecule has 0 unspecified atom stereocenters. The minimum atomic E-state index is -0.194. The van der Waals surface area contributed by atoms with E-state index in [1.54, 1.807) is 11.8 Å². The summed E-state index contributed by atoms with van der Waals surface area (Å²) >= 11 is 9.33. The highest BCUT2D eigenvalue weighted by Gasteiger charge is 2.17. The number of benzene rings is 2. The van der Waals surface area contributed by atoms with Gasteiger partial charge in [0.2, 0.25) is 0 Å². The Morgan fingerprint density at radius 2 is 2.00 bits per heavy atom. The molecule has 0 atom stereocenters. The Balaban J connectivity index is 1.44. The van der Waals surface area contributed by atoms with Gasteiger partial charge in [-0.2, -0.15) is 5.10 Å². The summed E-state index contributed by atoms with van der Waals surface area (Å²) in [6.45, 7) is 0. The van der Waals surface area contributed by atoms with Crippen LogP contribution in [0.5, 0.6) is 0 Å². The second kappa shape index (κ2) is 7.49. The Morgan fingerprint density at radius 1 is 1.19 bits per heavy atom. The fourth-order valence-electron chi connectivity index (χ4n) is 2.45. The van der Waals surface area contributed by atoms with E-state index in [0.717, 1.165) is 32.2 Å². The van der Waals surface area contributed by atoms with E-state index in [0.29, 0.717) is 9.90 Å². The zero-order valence-corrected chi connectivity index (χ0v) is 15.8. The number of aromatic nitrogens is 3. The van der Waals surface area contributed by atoms with Crippen molar-refractivity contribution in [3.63, 3.8) is 0 Å². The van der Waals surface area contributed by atoms with Crippen LogP contribution >= 0.6 is 34.7 Å². The number of hydrogen-bond acceptors (Lipinski definition) is 5. The molecular formula is C18H13ClN4OS2. The Morgan fingerprint density at radius 3 is 2.73 bits per heavy atom. The second-order valence-corrected chi connectivity index (χ2v) is 7.87. The van der Waals surface area contributed by atoms with Gasteiger partial charge in [-0.1, -0.05) is 53.7 Å². The summed E-state index contributed by atoms with van der Waals surface area (Å²) in [7, 11) is 0. The number of carbonyl (C=O) groups excluding carboxylic acids is 1. The SMILES string of the molecule is O=C(Nc1ccc(CSc2ncn[nH]2)cc1)c1sc2ccccc2c1Cl. The first-order chi connectivity index (χ1) is 12.7. The number of fused-ring (bicyclic) bond motifs is 1. The highest BCUT2D eigenvalue weighted by molar-refractivity contribution is 7.98. The molecule has 8 heteroatoms. The first-order valence-electron chi connectivity index (χ1n) is 7.76. The highest BCUT2D eigenvalue weighted by Crippen LogP contribution is 2.35. The quantitative estimate of drug-likeness (QED) is 0.451. The summed E-state index contributed by atoms with van der Waals surface area (Å²) in [5.41, 5.74) is 1.86. The van der Waals surface area contributed by atoms with Gasteiger partial charge < -0.3 is 5.32 Å². The summed E-state index contributed by atoms with van der Waals surface area (Å²) in [6, 6.07) is 15.5. The molecule has 0 radical (unpaired) electrons. The zero-order valence-electron chi connectivity index (χ0n) is 13.4. The molecule has 0 aliphatic heterocycles. The van der Waals surface area contributed by atoms with Crippen molar-refractivity contribution >= 4 is 56.4 Å². The van der Waals surface area contributed by atoms with Gasteiger partial charge in [-0.3, -0.25) is 9.89 Å². The molecule has 0 fully saturated rings. The standard InChI is InChI=1S/C18H13ClN4OS2/c19-15-13-3-1-2-4-14(13)26-16(15)17(24)22-12-7-5-11(6-8-12)9-25-18-20-10-21-23-18/h1-8,10H,9H2,(H,22,24)(H,20,21,23). The third-order valence-electron chi connectivity index (χ3n) is 3.72. The minimum absolute atomic E-state index is 0.194. The maximum atomic E-state index is 12.6.